The van der Waals surface area contributed by atoms with Gasteiger partial charge in [-0.2, -0.15) is 0 Å². The molecule has 4 heteroatoms. The summed E-state index contributed by atoms with van der Waals surface area (Å²) in [5.41, 5.74) is 4.72. The van der Waals surface area contributed by atoms with Gasteiger partial charge in [-0.3, -0.25) is 4.79 Å². The number of carboxylic acid groups (broad SMARTS) is 1. The summed E-state index contributed by atoms with van der Waals surface area (Å²) in [7, 11) is 0. The van der Waals surface area contributed by atoms with Gasteiger partial charge < -0.3 is 15.7 Å². The van der Waals surface area contributed by atoms with Gasteiger partial charge in [0.05, 0.1) is 0 Å². The summed E-state index contributed by atoms with van der Waals surface area (Å²) in [6.45, 7) is 6.47. The van der Waals surface area contributed by atoms with Crippen LogP contribution < -0.4 is 5.73 Å². The van der Waals surface area contributed by atoms with Crippen LogP contribution in [-0.2, 0) is 4.79 Å². The number of carbonyl (C=O) groups is 1. The third-order valence-electron chi connectivity index (χ3n) is 2.43. The Labute approximate surface area is 78.7 Å². The smallest absolute Gasteiger partial charge is 0.325 e. The Bertz CT molecular complexity index is 206. The van der Waals surface area contributed by atoms with Crippen molar-refractivity contribution in [2.45, 2.75) is 25.8 Å². The van der Waals surface area contributed by atoms with Crippen molar-refractivity contribution in [2.75, 3.05) is 19.6 Å². The minimum atomic E-state index is -1.01. The molecule has 1 aliphatic rings. The fourth-order valence-electron chi connectivity index (χ4n) is 1.76. The van der Waals surface area contributed by atoms with Crippen molar-refractivity contribution in [1.82, 2.24) is 4.90 Å². The molecule has 76 valence electrons. The van der Waals surface area contributed by atoms with Crippen LogP contribution in [0.4, 0.5) is 0 Å². The number of nitrogens with zero attached hydrogens (tertiary/aromatic N) is 1. The van der Waals surface area contributed by atoms with E-state index >= 15 is 0 Å². The minimum absolute atomic E-state index is 0.487. The molecule has 0 saturated carbocycles. The maximum absolute atomic E-state index is 10.8. The Balaban J connectivity index is 2.48. The second-order valence-corrected chi connectivity index (χ2v) is 4.34. The second-order valence-electron chi connectivity index (χ2n) is 4.34. The van der Waals surface area contributed by atoms with Gasteiger partial charge >= 0.3 is 5.97 Å². The zero-order valence-electron chi connectivity index (χ0n) is 8.29. The summed E-state index contributed by atoms with van der Waals surface area (Å²) in [5, 5.41) is 8.87. The van der Waals surface area contributed by atoms with E-state index in [1.807, 2.05) is 0 Å². The van der Waals surface area contributed by atoms with E-state index in [0.717, 1.165) is 13.1 Å². The zero-order valence-corrected chi connectivity index (χ0v) is 8.29. The first kappa shape index (κ1) is 10.5. The highest BCUT2D eigenvalue weighted by Gasteiger charge is 2.40. The summed E-state index contributed by atoms with van der Waals surface area (Å²) < 4.78 is 0. The molecule has 0 radical (unpaired) electrons. The van der Waals surface area contributed by atoms with E-state index in [-0.39, 0.29) is 0 Å². The van der Waals surface area contributed by atoms with E-state index in [9.17, 15) is 4.79 Å². The minimum Gasteiger partial charge on any atom is -0.480 e. The molecule has 0 aromatic rings. The molecule has 0 aliphatic carbocycles. The maximum Gasteiger partial charge on any atom is 0.325 e. The normalized spacial score (nSPS) is 29.8. The number of likely N-dealkylation sites (tertiary alicyclic amines) is 1. The molecule has 0 spiro atoms. The molecule has 1 fully saturated rings. The Hall–Kier alpha value is -0.610. The van der Waals surface area contributed by atoms with Crippen molar-refractivity contribution >= 4 is 5.97 Å². The van der Waals surface area contributed by atoms with Crippen LogP contribution in [0.2, 0.25) is 0 Å². The van der Waals surface area contributed by atoms with E-state index < -0.39 is 11.5 Å². The lowest BCUT2D eigenvalue weighted by molar-refractivity contribution is -0.142. The van der Waals surface area contributed by atoms with Crippen molar-refractivity contribution in [3.05, 3.63) is 0 Å². The number of rotatable bonds is 3. The topological polar surface area (TPSA) is 66.6 Å². The van der Waals surface area contributed by atoms with Gasteiger partial charge in [0.1, 0.15) is 5.54 Å². The molecule has 0 aromatic carbocycles. The Morgan fingerprint density at radius 2 is 2.31 bits per heavy atom. The van der Waals surface area contributed by atoms with Crippen LogP contribution in [0, 0.1) is 5.92 Å². The molecule has 1 aliphatic heterocycles. The third-order valence-corrected chi connectivity index (χ3v) is 2.43. The monoisotopic (exact) mass is 186 g/mol. The van der Waals surface area contributed by atoms with Gasteiger partial charge in [0, 0.05) is 19.6 Å². The van der Waals surface area contributed by atoms with E-state index in [1.54, 1.807) is 0 Å². The van der Waals surface area contributed by atoms with E-state index in [4.69, 9.17) is 10.8 Å². The van der Waals surface area contributed by atoms with Gasteiger partial charge in [0.2, 0.25) is 0 Å². The number of nitrogens with two attached hydrogens (primary N) is 1. The first-order valence-corrected chi connectivity index (χ1v) is 4.69. The lowest BCUT2D eigenvalue weighted by Gasteiger charge is -2.21. The van der Waals surface area contributed by atoms with Crippen LogP contribution in [0.15, 0.2) is 0 Å². The SMILES string of the molecule is CC(C)CN1CCC(N)(C(=O)O)C1. The van der Waals surface area contributed by atoms with Crippen molar-refractivity contribution in [2.24, 2.45) is 11.7 Å². The number of carboxylic acids is 1. The fraction of sp³-hybridized carbons (Fsp3) is 0.889. The number of hydrogen-bond donors (Lipinski definition) is 2. The van der Waals surface area contributed by atoms with E-state index in [0.29, 0.717) is 18.9 Å². The van der Waals surface area contributed by atoms with E-state index in [1.165, 1.54) is 0 Å². The highest BCUT2D eigenvalue weighted by molar-refractivity contribution is 5.79. The molecule has 4 nitrogen and oxygen atoms in total. The first-order valence-electron chi connectivity index (χ1n) is 4.69. The first-order chi connectivity index (χ1) is 5.94. The van der Waals surface area contributed by atoms with Gasteiger partial charge in [-0.25, -0.2) is 0 Å². The molecular formula is C9H18N2O2. The highest BCUT2D eigenvalue weighted by atomic mass is 16.4. The van der Waals surface area contributed by atoms with Gasteiger partial charge in [-0.05, 0) is 12.3 Å². The lowest BCUT2D eigenvalue weighted by atomic mass is 10.0. The second kappa shape index (κ2) is 3.64. The van der Waals surface area contributed by atoms with Gasteiger partial charge in [0.15, 0.2) is 0 Å². The molecule has 1 saturated heterocycles. The molecule has 0 aromatic heterocycles. The molecule has 1 atom stereocenters. The standard InChI is InChI=1S/C9H18N2O2/c1-7(2)5-11-4-3-9(10,6-11)8(12)13/h7H,3-6,10H2,1-2H3,(H,12,13). The van der Waals surface area contributed by atoms with Gasteiger partial charge in [-0.15, -0.1) is 0 Å². The van der Waals surface area contributed by atoms with Gasteiger partial charge in [0.25, 0.3) is 0 Å². The number of hydrogen-bond acceptors (Lipinski definition) is 3. The van der Waals surface area contributed by atoms with Crippen LogP contribution in [0.1, 0.15) is 20.3 Å². The zero-order chi connectivity index (χ0) is 10.1. The molecule has 0 bridgehead atoms. The average Bonchev–Trinajstić information content (AvgIpc) is 2.32. The predicted octanol–water partition coefficient (Wildman–Crippen LogP) is 0.130. The molecule has 1 rings (SSSR count). The summed E-state index contributed by atoms with van der Waals surface area (Å²) in [6.07, 6.45) is 0.565. The molecule has 0 amide bonds. The highest BCUT2D eigenvalue weighted by Crippen LogP contribution is 2.19. The van der Waals surface area contributed by atoms with Crippen LogP contribution in [-0.4, -0.2) is 41.1 Å². The third kappa shape index (κ3) is 2.42. The van der Waals surface area contributed by atoms with Crippen molar-refractivity contribution in [3.63, 3.8) is 0 Å². The Morgan fingerprint density at radius 3 is 2.69 bits per heavy atom. The lowest BCUT2D eigenvalue weighted by Crippen LogP contribution is -2.50. The van der Waals surface area contributed by atoms with Crippen LogP contribution >= 0.6 is 0 Å². The number of aliphatic carboxylic acids is 1. The molecule has 13 heavy (non-hydrogen) atoms. The quantitative estimate of drug-likeness (QED) is 0.657. The maximum atomic E-state index is 10.8. The fourth-order valence-corrected chi connectivity index (χ4v) is 1.76. The van der Waals surface area contributed by atoms with Crippen LogP contribution in [0.5, 0.6) is 0 Å². The predicted molar refractivity (Wildman–Crippen MR) is 50.4 cm³/mol. The summed E-state index contributed by atoms with van der Waals surface area (Å²) >= 11 is 0. The van der Waals surface area contributed by atoms with Crippen molar-refractivity contribution < 1.29 is 9.90 Å². The summed E-state index contributed by atoms with van der Waals surface area (Å²) in [6, 6.07) is 0. The molecule has 3 N–H and O–H groups in total. The molecule has 1 heterocycles. The van der Waals surface area contributed by atoms with Crippen LogP contribution in [0.25, 0.3) is 0 Å². The van der Waals surface area contributed by atoms with Gasteiger partial charge in [-0.1, -0.05) is 13.8 Å². The van der Waals surface area contributed by atoms with Crippen molar-refractivity contribution in [3.8, 4) is 0 Å². The largest absolute Gasteiger partial charge is 0.480 e. The van der Waals surface area contributed by atoms with Crippen LogP contribution in [0.3, 0.4) is 0 Å². The summed E-state index contributed by atoms with van der Waals surface area (Å²) in [4.78, 5) is 12.9. The molecular weight excluding hydrogens is 168 g/mol. The average molecular weight is 186 g/mol. The van der Waals surface area contributed by atoms with E-state index in [2.05, 4.69) is 18.7 Å². The Morgan fingerprint density at radius 1 is 1.69 bits per heavy atom. The summed E-state index contributed by atoms with van der Waals surface area (Å²) in [5.74, 6) is -0.310. The molecule has 1 unspecified atom stereocenters. The van der Waals surface area contributed by atoms with Crippen molar-refractivity contribution in [1.29, 1.82) is 0 Å². The Kier molecular flexibility index (Phi) is 2.93.